The van der Waals surface area contributed by atoms with E-state index in [1.807, 2.05) is 14.1 Å². The first kappa shape index (κ1) is 22.7. The Bertz CT molecular complexity index is 649. The summed E-state index contributed by atoms with van der Waals surface area (Å²) in [5, 5.41) is 6.96. The maximum atomic E-state index is 12.3. The standard InChI is InChI=1S/C18H32N4O3S.HI/c1-22(2)17(23)14-4-3-5-16(10-14)21-18(20-15-6-7-15)19-11-13-8-9-26(24,25)12-13;/h13-16H,3-12H2,1-2H3,(H2,19,20,21);1H. The molecule has 0 aromatic carbocycles. The number of guanidine groups is 1. The molecule has 1 amide bonds. The van der Waals surface area contributed by atoms with Gasteiger partial charge in [0.25, 0.3) is 0 Å². The molecule has 27 heavy (non-hydrogen) atoms. The zero-order valence-corrected chi connectivity index (χ0v) is 19.5. The highest BCUT2D eigenvalue weighted by atomic mass is 127. The fourth-order valence-electron chi connectivity index (χ4n) is 3.89. The number of halogens is 1. The first-order valence-corrected chi connectivity index (χ1v) is 11.6. The fourth-order valence-corrected chi connectivity index (χ4v) is 5.74. The van der Waals surface area contributed by atoms with E-state index in [2.05, 4.69) is 15.6 Å². The molecule has 0 bridgehead atoms. The monoisotopic (exact) mass is 512 g/mol. The van der Waals surface area contributed by atoms with Crippen molar-refractivity contribution in [3.8, 4) is 0 Å². The van der Waals surface area contributed by atoms with E-state index in [9.17, 15) is 13.2 Å². The quantitative estimate of drug-likeness (QED) is 0.330. The maximum absolute atomic E-state index is 12.3. The van der Waals surface area contributed by atoms with Crippen molar-refractivity contribution in [3.63, 3.8) is 0 Å². The summed E-state index contributed by atoms with van der Waals surface area (Å²) >= 11 is 0. The number of sulfone groups is 1. The summed E-state index contributed by atoms with van der Waals surface area (Å²) in [7, 11) is 0.774. The first-order chi connectivity index (χ1) is 12.3. The largest absolute Gasteiger partial charge is 0.354 e. The maximum Gasteiger partial charge on any atom is 0.225 e. The Morgan fingerprint density at radius 3 is 2.37 bits per heavy atom. The van der Waals surface area contributed by atoms with Crippen LogP contribution < -0.4 is 10.6 Å². The fraction of sp³-hybridized carbons (Fsp3) is 0.889. The van der Waals surface area contributed by atoms with E-state index in [1.165, 1.54) is 0 Å². The third kappa shape index (κ3) is 7.07. The number of carbonyl (C=O) groups excluding carboxylic acids is 1. The van der Waals surface area contributed by atoms with E-state index in [-0.39, 0.29) is 53.5 Å². The van der Waals surface area contributed by atoms with Gasteiger partial charge in [0, 0.05) is 38.6 Å². The molecule has 1 heterocycles. The highest BCUT2D eigenvalue weighted by Gasteiger charge is 2.31. The molecule has 2 N–H and O–H groups in total. The van der Waals surface area contributed by atoms with Crippen LogP contribution in [0.25, 0.3) is 0 Å². The molecule has 3 atom stereocenters. The number of hydrogen-bond donors (Lipinski definition) is 2. The first-order valence-electron chi connectivity index (χ1n) is 9.81. The van der Waals surface area contributed by atoms with Crippen molar-refractivity contribution in [2.45, 2.75) is 57.0 Å². The van der Waals surface area contributed by atoms with Crippen molar-refractivity contribution < 1.29 is 13.2 Å². The van der Waals surface area contributed by atoms with Crippen LogP contribution >= 0.6 is 24.0 Å². The highest BCUT2D eigenvalue weighted by Crippen LogP contribution is 2.26. The normalized spacial score (nSPS) is 30.3. The molecule has 2 aliphatic carbocycles. The van der Waals surface area contributed by atoms with E-state index >= 15 is 0 Å². The Labute approximate surface area is 180 Å². The van der Waals surface area contributed by atoms with Crippen LogP contribution in [0, 0.1) is 11.8 Å². The van der Waals surface area contributed by atoms with Crippen molar-refractivity contribution in [3.05, 3.63) is 0 Å². The summed E-state index contributed by atoms with van der Waals surface area (Å²) in [4.78, 5) is 18.6. The lowest BCUT2D eigenvalue weighted by Gasteiger charge is -2.31. The minimum Gasteiger partial charge on any atom is -0.354 e. The molecular formula is C18H33IN4O3S. The second-order valence-electron chi connectivity index (χ2n) is 8.31. The van der Waals surface area contributed by atoms with Gasteiger partial charge in [0.1, 0.15) is 0 Å². The third-order valence-electron chi connectivity index (χ3n) is 5.56. The lowest BCUT2D eigenvalue weighted by molar-refractivity contribution is -0.134. The molecule has 1 saturated heterocycles. The number of aliphatic imine (C=N–C) groups is 1. The Balaban J connectivity index is 0.00000261. The van der Waals surface area contributed by atoms with E-state index < -0.39 is 9.84 Å². The van der Waals surface area contributed by atoms with Gasteiger partial charge in [-0.15, -0.1) is 24.0 Å². The van der Waals surface area contributed by atoms with E-state index in [4.69, 9.17) is 0 Å². The van der Waals surface area contributed by atoms with Gasteiger partial charge in [-0.25, -0.2) is 8.42 Å². The van der Waals surface area contributed by atoms with Gasteiger partial charge in [0.2, 0.25) is 5.91 Å². The lowest BCUT2D eigenvalue weighted by Crippen LogP contribution is -2.47. The molecule has 0 aromatic heterocycles. The van der Waals surface area contributed by atoms with E-state index in [0.29, 0.717) is 24.8 Å². The van der Waals surface area contributed by atoms with E-state index in [1.54, 1.807) is 4.90 Å². The van der Waals surface area contributed by atoms with Crippen LogP contribution in [0.4, 0.5) is 0 Å². The van der Waals surface area contributed by atoms with Crippen LogP contribution in [0.3, 0.4) is 0 Å². The average Bonchev–Trinajstić information content (AvgIpc) is 3.33. The Kier molecular flexibility index (Phi) is 8.20. The molecular weight excluding hydrogens is 479 g/mol. The molecule has 0 aromatic rings. The molecule has 156 valence electrons. The molecule has 0 spiro atoms. The second-order valence-corrected chi connectivity index (χ2v) is 10.5. The van der Waals surface area contributed by atoms with Gasteiger partial charge in [-0.1, -0.05) is 6.42 Å². The van der Waals surface area contributed by atoms with Gasteiger partial charge >= 0.3 is 0 Å². The van der Waals surface area contributed by atoms with Crippen molar-refractivity contribution in [2.75, 3.05) is 32.1 Å². The van der Waals surface area contributed by atoms with E-state index in [0.717, 1.165) is 44.5 Å². The van der Waals surface area contributed by atoms with Gasteiger partial charge in [0.05, 0.1) is 11.5 Å². The Morgan fingerprint density at radius 2 is 1.78 bits per heavy atom. The highest BCUT2D eigenvalue weighted by molar-refractivity contribution is 14.0. The summed E-state index contributed by atoms with van der Waals surface area (Å²) in [6.45, 7) is 0.550. The zero-order valence-electron chi connectivity index (χ0n) is 16.3. The molecule has 2 saturated carbocycles. The van der Waals surface area contributed by atoms with Crippen LogP contribution in [0.15, 0.2) is 4.99 Å². The Hall–Kier alpha value is -0.580. The molecule has 3 unspecified atom stereocenters. The summed E-state index contributed by atoms with van der Waals surface area (Å²) < 4.78 is 23.3. The topological polar surface area (TPSA) is 90.9 Å². The minimum absolute atomic E-state index is 0. The van der Waals surface area contributed by atoms with Gasteiger partial charge in [-0.2, -0.15) is 0 Å². The third-order valence-corrected chi connectivity index (χ3v) is 7.39. The summed E-state index contributed by atoms with van der Waals surface area (Å²) in [5.74, 6) is 1.77. The predicted octanol–water partition coefficient (Wildman–Crippen LogP) is 1.38. The zero-order chi connectivity index (χ0) is 18.7. The van der Waals surface area contributed by atoms with Crippen LogP contribution in [0.5, 0.6) is 0 Å². The van der Waals surface area contributed by atoms with Crippen molar-refractivity contribution >= 4 is 45.7 Å². The number of carbonyl (C=O) groups is 1. The average molecular weight is 512 g/mol. The second kappa shape index (κ2) is 9.76. The lowest BCUT2D eigenvalue weighted by atomic mass is 9.85. The predicted molar refractivity (Wildman–Crippen MR) is 118 cm³/mol. The van der Waals surface area contributed by atoms with Crippen LogP contribution in [0.2, 0.25) is 0 Å². The van der Waals surface area contributed by atoms with Crippen LogP contribution in [-0.4, -0.2) is 69.4 Å². The van der Waals surface area contributed by atoms with Crippen molar-refractivity contribution in [1.82, 2.24) is 15.5 Å². The van der Waals surface area contributed by atoms with Crippen LogP contribution in [-0.2, 0) is 14.6 Å². The molecule has 3 aliphatic rings. The number of rotatable bonds is 5. The van der Waals surface area contributed by atoms with Gasteiger partial charge < -0.3 is 15.5 Å². The molecule has 9 heteroatoms. The number of nitrogens with one attached hydrogen (secondary N) is 2. The van der Waals surface area contributed by atoms with Crippen molar-refractivity contribution in [2.24, 2.45) is 16.8 Å². The summed E-state index contributed by atoms with van der Waals surface area (Å²) in [6.07, 6.45) is 6.90. The molecule has 3 rings (SSSR count). The van der Waals surface area contributed by atoms with Crippen LogP contribution in [0.1, 0.15) is 44.9 Å². The van der Waals surface area contributed by atoms with Crippen molar-refractivity contribution in [1.29, 1.82) is 0 Å². The minimum atomic E-state index is -2.86. The van der Waals surface area contributed by atoms with Gasteiger partial charge in [0.15, 0.2) is 15.8 Å². The van der Waals surface area contributed by atoms with Gasteiger partial charge in [-0.05, 0) is 44.4 Å². The summed E-state index contributed by atoms with van der Waals surface area (Å²) in [6, 6.07) is 0.728. The molecule has 7 nitrogen and oxygen atoms in total. The molecule has 3 fully saturated rings. The molecule has 1 aliphatic heterocycles. The SMILES string of the molecule is CN(C)C(=O)C1CCCC(NC(=NCC2CCS(=O)(=O)C2)NC2CC2)C1.I. The number of amides is 1. The summed E-state index contributed by atoms with van der Waals surface area (Å²) in [5.41, 5.74) is 0. The molecule has 0 radical (unpaired) electrons. The Morgan fingerprint density at radius 1 is 1.07 bits per heavy atom. The number of nitrogens with zero attached hydrogens (tertiary/aromatic N) is 2. The van der Waals surface area contributed by atoms with Gasteiger partial charge in [-0.3, -0.25) is 9.79 Å². The number of hydrogen-bond acceptors (Lipinski definition) is 4. The smallest absolute Gasteiger partial charge is 0.225 e.